The smallest absolute Gasteiger partial charge is 0.323 e. The average molecular weight is 343 g/mol. The number of rotatable bonds is 8. The monoisotopic (exact) mass is 343 g/mol. The minimum absolute atomic E-state index is 0.158. The lowest BCUT2D eigenvalue weighted by Gasteiger charge is -2.21. The van der Waals surface area contributed by atoms with E-state index in [1.807, 2.05) is 12.1 Å². The summed E-state index contributed by atoms with van der Waals surface area (Å²) in [5, 5.41) is 9.10. The van der Waals surface area contributed by atoms with Gasteiger partial charge < -0.3 is 19.5 Å². The Labute approximate surface area is 146 Å². The highest BCUT2D eigenvalue weighted by Crippen LogP contribution is 2.25. The van der Waals surface area contributed by atoms with Crippen molar-refractivity contribution < 1.29 is 24.2 Å². The molecule has 0 aliphatic rings. The van der Waals surface area contributed by atoms with E-state index in [9.17, 15) is 9.59 Å². The number of ether oxygens (including phenoxy) is 2. The maximum atomic E-state index is 12.6. The quantitative estimate of drug-likeness (QED) is 0.797. The molecule has 0 spiro atoms. The molecule has 6 nitrogen and oxygen atoms in total. The lowest BCUT2D eigenvalue weighted by atomic mass is 10.1. The van der Waals surface area contributed by atoms with Crippen molar-refractivity contribution in [3.63, 3.8) is 0 Å². The Morgan fingerprint density at radius 2 is 1.76 bits per heavy atom. The second kappa shape index (κ2) is 8.73. The first-order chi connectivity index (χ1) is 12.0. The van der Waals surface area contributed by atoms with Crippen LogP contribution in [0.5, 0.6) is 11.5 Å². The third kappa shape index (κ3) is 4.97. The molecule has 0 aliphatic heterocycles. The standard InChI is InChI=1S/C19H21NO5/c1-24-16-9-10-17(25-2)14(12-16)8-11-18(21)20(13-19(22)23)15-6-4-3-5-7-15/h3-7,9-10,12H,8,11,13H2,1-2H3,(H,22,23). The van der Waals surface area contributed by atoms with E-state index >= 15 is 0 Å². The van der Waals surface area contributed by atoms with Crippen molar-refractivity contribution in [3.8, 4) is 11.5 Å². The first-order valence-corrected chi connectivity index (χ1v) is 7.83. The molecule has 0 saturated heterocycles. The molecule has 0 atom stereocenters. The van der Waals surface area contributed by atoms with E-state index in [0.29, 0.717) is 23.6 Å². The zero-order valence-electron chi connectivity index (χ0n) is 14.3. The molecular formula is C19H21NO5. The van der Waals surface area contributed by atoms with Gasteiger partial charge in [0.15, 0.2) is 0 Å². The second-order valence-electron chi connectivity index (χ2n) is 5.39. The first kappa shape index (κ1) is 18.3. The van der Waals surface area contributed by atoms with Crippen molar-refractivity contribution in [3.05, 3.63) is 54.1 Å². The van der Waals surface area contributed by atoms with Crippen LogP contribution in [-0.4, -0.2) is 37.7 Å². The zero-order chi connectivity index (χ0) is 18.2. The second-order valence-corrected chi connectivity index (χ2v) is 5.39. The van der Waals surface area contributed by atoms with Crippen LogP contribution in [0.2, 0.25) is 0 Å². The fourth-order valence-electron chi connectivity index (χ4n) is 2.52. The van der Waals surface area contributed by atoms with Crippen molar-refractivity contribution in [2.75, 3.05) is 25.7 Å². The van der Waals surface area contributed by atoms with Gasteiger partial charge in [-0.25, -0.2) is 0 Å². The summed E-state index contributed by atoms with van der Waals surface area (Å²) in [7, 11) is 3.13. The SMILES string of the molecule is COc1ccc(OC)c(CCC(=O)N(CC(=O)O)c2ccccc2)c1. The van der Waals surface area contributed by atoms with Crippen LogP contribution in [-0.2, 0) is 16.0 Å². The highest BCUT2D eigenvalue weighted by Gasteiger charge is 2.19. The van der Waals surface area contributed by atoms with Gasteiger partial charge in [0.2, 0.25) is 5.91 Å². The zero-order valence-corrected chi connectivity index (χ0v) is 14.3. The minimum atomic E-state index is -1.06. The molecule has 2 aromatic rings. The summed E-state index contributed by atoms with van der Waals surface area (Å²) in [5.74, 6) is 0.0152. The Bertz CT molecular complexity index is 730. The lowest BCUT2D eigenvalue weighted by Crippen LogP contribution is -2.35. The predicted molar refractivity (Wildman–Crippen MR) is 94.3 cm³/mol. The molecular weight excluding hydrogens is 322 g/mol. The minimum Gasteiger partial charge on any atom is -0.497 e. The van der Waals surface area contributed by atoms with Gasteiger partial charge in [-0.05, 0) is 42.3 Å². The van der Waals surface area contributed by atoms with E-state index in [4.69, 9.17) is 14.6 Å². The number of benzene rings is 2. The van der Waals surface area contributed by atoms with E-state index < -0.39 is 5.97 Å². The number of hydrogen-bond acceptors (Lipinski definition) is 4. The van der Waals surface area contributed by atoms with Gasteiger partial charge in [0.25, 0.3) is 0 Å². The molecule has 25 heavy (non-hydrogen) atoms. The summed E-state index contributed by atoms with van der Waals surface area (Å²) < 4.78 is 10.5. The summed E-state index contributed by atoms with van der Waals surface area (Å²) in [4.78, 5) is 25.0. The molecule has 0 bridgehead atoms. The highest BCUT2D eigenvalue weighted by atomic mass is 16.5. The van der Waals surface area contributed by atoms with Crippen LogP contribution in [0.3, 0.4) is 0 Å². The Kier molecular flexibility index (Phi) is 6.39. The average Bonchev–Trinajstić information content (AvgIpc) is 2.64. The van der Waals surface area contributed by atoms with Gasteiger partial charge >= 0.3 is 5.97 Å². The van der Waals surface area contributed by atoms with E-state index in [1.54, 1.807) is 50.6 Å². The molecule has 0 heterocycles. The summed E-state index contributed by atoms with van der Waals surface area (Å²) in [6.45, 7) is -0.377. The van der Waals surface area contributed by atoms with Crippen molar-refractivity contribution >= 4 is 17.6 Å². The number of carboxylic acids is 1. The van der Waals surface area contributed by atoms with Gasteiger partial charge in [-0.2, -0.15) is 0 Å². The topological polar surface area (TPSA) is 76.1 Å². The molecule has 0 aromatic heterocycles. The summed E-state index contributed by atoms with van der Waals surface area (Å²) >= 11 is 0. The Balaban J connectivity index is 2.15. The normalized spacial score (nSPS) is 10.2. The van der Waals surface area contributed by atoms with Gasteiger partial charge in [0.05, 0.1) is 14.2 Å². The number of hydrogen-bond donors (Lipinski definition) is 1. The first-order valence-electron chi connectivity index (χ1n) is 7.83. The Morgan fingerprint density at radius 1 is 1.04 bits per heavy atom. The van der Waals surface area contributed by atoms with E-state index in [1.165, 1.54) is 4.90 Å². The molecule has 0 radical (unpaired) electrons. The third-order valence-corrected chi connectivity index (χ3v) is 3.76. The molecule has 2 aromatic carbocycles. The number of aliphatic carboxylic acids is 1. The number of amides is 1. The van der Waals surface area contributed by atoms with Gasteiger partial charge in [-0.1, -0.05) is 18.2 Å². The van der Waals surface area contributed by atoms with Crippen LogP contribution in [0, 0.1) is 0 Å². The van der Waals surface area contributed by atoms with Crippen LogP contribution in [0.1, 0.15) is 12.0 Å². The van der Waals surface area contributed by atoms with Gasteiger partial charge in [-0.15, -0.1) is 0 Å². The number of carbonyl (C=O) groups excluding carboxylic acids is 1. The van der Waals surface area contributed by atoms with Crippen molar-refractivity contribution in [1.29, 1.82) is 0 Å². The molecule has 2 rings (SSSR count). The molecule has 0 unspecified atom stereocenters. The fourth-order valence-corrected chi connectivity index (χ4v) is 2.52. The van der Waals surface area contributed by atoms with Gasteiger partial charge in [-0.3, -0.25) is 9.59 Å². The van der Waals surface area contributed by atoms with E-state index in [2.05, 4.69) is 0 Å². The summed E-state index contributed by atoms with van der Waals surface area (Å²) in [5.41, 5.74) is 1.39. The summed E-state index contributed by atoms with van der Waals surface area (Å²) in [6, 6.07) is 14.2. The van der Waals surface area contributed by atoms with Crippen molar-refractivity contribution in [2.24, 2.45) is 0 Å². The van der Waals surface area contributed by atoms with Crippen molar-refractivity contribution in [2.45, 2.75) is 12.8 Å². The predicted octanol–water partition coefficient (Wildman–Crippen LogP) is 2.75. The highest BCUT2D eigenvalue weighted by molar-refractivity contribution is 5.97. The number of methoxy groups -OCH3 is 2. The van der Waals surface area contributed by atoms with Gasteiger partial charge in [0, 0.05) is 12.1 Å². The van der Waals surface area contributed by atoms with Gasteiger partial charge in [0.1, 0.15) is 18.0 Å². The fraction of sp³-hybridized carbons (Fsp3) is 0.263. The third-order valence-electron chi connectivity index (χ3n) is 3.76. The Hall–Kier alpha value is -3.02. The molecule has 0 aliphatic carbocycles. The molecule has 0 fully saturated rings. The number of carboxylic acid groups (broad SMARTS) is 1. The van der Waals surface area contributed by atoms with Crippen LogP contribution in [0.15, 0.2) is 48.5 Å². The largest absolute Gasteiger partial charge is 0.497 e. The lowest BCUT2D eigenvalue weighted by molar-refractivity contribution is -0.136. The number of nitrogens with zero attached hydrogens (tertiary/aromatic N) is 1. The van der Waals surface area contributed by atoms with E-state index in [-0.39, 0.29) is 18.9 Å². The number of aryl methyl sites for hydroxylation is 1. The van der Waals surface area contributed by atoms with Crippen LogP contribution in [0.4, 0.5) is 5.69 Å². The van der Waals surface area contributed by atoms with Crippen LogP contribution in [0.25, 0.3) is 0 Å². The molecule has 1 N–H and O–H groups in total. The van der Waals surface area contributed by atoms with Crippen LogP contribution >= 0.6 is 0 Å². The number of para-hydroxylation sites is 1. The number of carbonyl (C=O) groups is 2. The molecule has 132 valence electrons. The van der Waals surface area contributed by atoms with Crippen molar-refractivity contribution in [1.82, 2.24) is 0 Å². The molecule has 6 heteroatoms. The maximum Gasteiger partial charge on any atom is 0.323 e. The molecule has 0 saturated carbocycles. The van der Waals surface area contributed by atoms with Crippen LogP contribution < -0.4 is 14.4 Å². The number of anilines is 1. The Morgan fingerprint density at radius 3 is 2.36 bits per heavy atom. The molecule has 1 amide bonds. The summed E-state index contributed by atoms with van der Waals surface area (Å²) in [6.07, 6.45) is 0.577. The van der Waals surface area contributed by atoms with E-state index in [0.717, 1.165) is 5.56 Å². The maximum absolute atomic E-state index is 12.6.